The fourth-order valence-corrected chi connectivity index (χ4v) is 3.08. The van der Waals surface area contributed by atoms with E-state index in [1.54, 1.807) is 9.80 Å². The van der Waals surface area contributed by atoms with Gasteiger partial charge in [-0.3, -0.25) is 9.59 Å². The Morgan fingerprint density at radius 3 is 2.73 bits per heavy atom. The molecule has 0 unspecified atom stereocenters. The van der Waals surface area contributed by atoms with Crippen LogP contribution in [0.15, 0.2) is 48.5 Å². The highest BCUT2D eigenvalue weighted by Crippen LogP contribution is 2.33. The van der Waals surface area contributed by atoms with Crippen LogP contribution in [0.5, 0.6) is 5.75 Å². The largest absolute Gasteiger partial charge is 0.482 e. The Labute approximate surface area is 154 Å². The Hall–Kier alpha value is -2.82. The van der Waals surface area contributed by atoms with Gasteiger partial charge in [0, 0.05) is 26.6 Å². The maximum Gasteiger partial charge on any atom is 0.265 e. The fourth-order valence-electron chi connectivity index (χ4n) is 3.08. The molecule has 3 rings (SSSR count). The van der Waals surface area contributed by atoms with E-state index in [1.807, 2.05) is 62.5 Å². The number of benzene rings is 2. The molecule has 0 saturated heterocycles. The van der Waals surface area contributed by atoms with Crippen molar-refractivity contribution in [1.29, 1.82) is 0 Å². The average molecular weight is 352 g/mol. The number of hydrogen-bond donors (Lipinski definition) is 0. The van der Waals surface area contributed by atoms with Crippen molar-refractivity contribution in [2.75, 3.05) is 25.1 Å². The molecule has 0 N–H and O–H groups in total. The molecular formula is C21H24N2O3. The predicted octanol–water partition coefficient (Wildman–Crippen LogP) is 3.16. The van der Waals surface area contributed by atoms with Crippen LogP contribution in [0.1, 0.15) is 24.0 Å². The summed E-state index contributed by atoms with van der Waals surface area (Å²) in [5.74, 6) is 0.745. The summed E-state index contributed by atoms with van der Waals surface area (Å²) in [6, 6.07) is 15.7. The van der Waals surface area contributed by atoms with E-state index in [0.717, 1.165) is 22.6 Å². The number of anilines is 1. The van der Waals surface area contributed by atoms with Crippen LogP contribution in [0.3, 0.4) is 0 Å². The molecule has 1 aliphatic heterocycles. The predicted molar refractivity (Wildman–Crippen MR) is 101 cm³/mol. The van der Waals surface area contributed by atoms with Crippen LogP contribution in [0.25, 0.3) is 0 Å². The third kappa shape index (κ3) is 4.23. The normalized spacial score (nSPS) is 13.2. The second-order valence-corrected chi connectivity index (χ2v) is 6.64. The van der Waals surface area contributed by atoms with Crippen molar-refractivity contribution >= 4 is 17.5 Å². The molecule has 0 saturated carbocycles. The summed E-state index contributed by atoms with van der Waals surface area (Å²) in [4.78, 5) is 28.1. The Morgan fingerprint density at radius 1 is 1.19 bits per heavy atom. The topological polar surface area (TPSA) is 49.9 Å². The van der Waals surface area contributed by atoms with Crippen molar-refractivity contribution in [1.82, 2.24) is 4.90 Å². The SMILES string of the molecule is Cc1ccc2c(c1)N(CCCC(=O)N(C)Cc1ccccc1)C(=O)CO2. The van der Waals surface area contributed by atoms with Gasteiger partial charge >= 0.3 is 0 Å². The molecule has 0 radical (unpaired) electrons. The number of nitrogens with zero attached hydrogens (tertiary/aromatic N) is 2. The molecule has 5 nitrogen and oxygen atoms in total. The summed E-state index contributed by atoms with van der Waals surface area (Å²) >= 11 is 0. The maximum absolute atomic E-state index is 12.4. The Balaban J connectivity index is 1.55. The molecule has 0 atom stereocenters. The highest BCUT2D eigenvalue weighted by Gasteiger charge is 2.25. The second kappa shape index (κ2) is 8.04. The van der Waals surface area contributed by atoms with Gasteiger partial charge in [0.1, 0.15) is 5.75 Å². The van der Waals surface area contributed by atoms with E-state index >= 15 is 0 Å². The van der Waals surface area contributed by atoms with E-state index in [1.165, 1.54) is 0 Å². The van der Waals surface area contributed by atoms with E-state index < -0.39 is 0 Å². The van der Waals surface area contributed by atoms with Gasteiger partial charge in [0.15, 0.2) is 6.61 Å². The maximum atomic E-state index is 12.4. The van der Waals surface area contributed by atoms with Gasteiger partial charge in [-0.2, -0.15) is 0 Å². The summed E-state index contributed by atoms with van der Waals surface area (Å²) < 4.78 is 5.49. The molecule has 1 aliphatic rings. The first-order valence-corrected chi connectivity index (χ1v) is 8.86. The smallest absolute Gasteiger partial charge is 0.265 e. The van der Waals surface area contributed by atoms with E-state index in [9.17, 15) is 9.59 Å². The molecule has 5 heteroatoms. The van der Waals surface area contributed by atoms with Crippen molar-refractivity contribution in [3.8, 4) is 5.75 Å². The van der Waals surface area contributed by atoms with Crippen molar-refractivity contribution in [2.24, 2.45) is 0 Å². The number of hydrogen-bond acceptors (Lipinski definition) is 3. The monoisotopic (exact) mass is 352 g/mol. The number of aryl methyl sites for hydroxylation is 1. The number of carbonyl (C=O) groups excluding carboxylic acids is 2. The van der Waals surface area contributed by atoms with Gasteiger partial charge in [-0.1, -0.05) is 36.4 Å². The molecule has 0 bridgehead atoms. The lowest BCUT2D eigenvalue weighted by Gasteiger charge is -2.29. The standard InChI is InChI=1S/C21H24N2O3/c1-16-10-11-19-18(13-16)23(21(25)15-26-19)12-6-9-20(24)22(2)14-17-7-4-3-5-8-17/h3-5,7-8,10-11,13H,6,9,12,14-15H2,1-2H3. The first-order valence-electron chi connectivity index (χ1n) is 8.86. The summed E-state index contributed by atoms with van der Waals surface area (Å²) in [5.41, 5.74) is 2.98. The molecule has 0 aliphatic carbocycles. The van der Waals surface area contributed by atoms with Crippen molar-refractivity contribution < 1.29 is 14.3 Å². The Kier molecular flexibility index (Phi) is 5.56. The lowest BCUT2D eigenvalue weighted by molar-refractivity contribution is -0.130. The summed E-state index contributed by atoms with van der Waals surface area (Å²) in [7, 11) is 1.81. The average Bonchev–Trinajstić information content (AvgIpc) is 2.64. The number of fused-ring (bicyclic) bond motifs is 1. The van der Waals surface area contributed by atoms with E-state index in [2.05, 4.69) is 0 Å². The first-order chi connectivity index (χ1) is 12.5. The van der Waals surface area contributed by atoms with E-state index in [-0.39, 0.29) is 18.4 Å². The van der Waals surface area contributed by atoms with Crippen LogP contribution in [0.4, 0.5) is 5.69 Å². The molecule has 0 spiro atoms. The molecule has 2 aromatic carbocycles. The van der Waals surface area contributed by atoms with Crippen LogP contribution in [0.2, 0.25) is 0 Å². The minimum atomic E-state index is -0.0619. The van der Waals surface area contributed by atoms with Gasteiger partial charge < -0.3 is 14.5 Å². The van der Waals surface area contributed by atoms with Gasteiger partial charge in [0.2, 0.25) is 5.91 Å². The highest BCUT2D eigenvalue weighted by atomic mass is 16.5. The zero-order valence-corrected chi connectivity index (χ0v) is 15.3. The number of rotatable bonds is 6. The quantitative estimate of drug-likeness (QED) is 0.802. The molecule has 0 fully saturated rings. The minimum Gasteiger partial charge on any atom is -0.482 e. The number of carbonyl (C=O) groups is 2. The summed E-state index contributed by atoms with van der Waals surface area (Å²) in [6.07, 6.45) is 1.03. The van der Waals surface area contributed by atoms with Crippen LogP contribution < -0.4 is 9.64 Å². The third-order valence-electron chi connectivity index (χ3n) is 4.52. The molecule has 2 amide bonds. The van der Waals surface area contributed by atoms with Gasteiger partial charge in [0.05, 0.1) is 5.69 Å². The molecule has 2 aromatic rings. The zero-order chi connectivity index (χ0) is 18.5. The molecule has 26 heavy (non-hydrogen) atoms. The van der Waals surface area contributed by atoms with Crippen LogP contribution in [0, 0.1) is 6.92 Å². The van der Waals surface area contributed by atoms with Crippen LogP contribution in [-0.4, -0.2) is 36.9 Å². The highest BCUT2D eigenvalue weighted by molar-refractivity contribution is 5.98. The molecule has 136 valence electrons. The third-order valence-corrected chi connectivity index (χ3v) is 4.52. The van der Waals surface area contributed by atoms with Gasteiger partial charge in [-0.25, -0.2) is 0 Å². The molecular weight excluding hydrogens is 328 g/mol. The minimum absolute atomic E-state index is 0.0535. The van der Waals surface area contributed by atoms with Gasteiger partial charge in [-0.15, -0.1) is 0 Å². The Bertz CT molecular complexity index is 789. The fraction of sp³-hybridized carbons (Fsp3) is 0.333. The number of amides is 2. The second-order valence-electron chi connectivity index (χ2n) is 6.64. The van der Waals surface area contributed by atoms with Crippen molar-refractivity contribution in [2.45, 2.75) is 26.3 Å². The molecule has 1 heterocycles. The van der Waals surface area contributed by atoms with E-state index in [0.29, 0.717) is 25.9 Å². The Morgan fingerprint density at radius 2 is 1.96 bits per heavy atom. The van der Waals surface area contributed by atoms with Crippen LogP contribution >= 0.6 is 0 Å². The van der Waals surface area contributed by atoms with Crippen LogP contribution in [-0.2, 0) is 16.1 Å². The van der Waals surface area contributed by atoms with Crippen molar-refractivity contribution in [3.05, 3.63) is 59.7 Å². The van der Waals surface area contributed by atoms with Gasteiger partial charge in [0.25, 0.3) is 5.91 Å². The summed E-state index contributed by atoms with van der Waals surface area (Å²) in [5, 5.41) is 0. The zero-order valence-electron chi connectivity index (χ0n) is 15.3. The lowest BCUT2D eigenvalue weighted by Crippen LogP contribution is -2.39. The lowest BCUT2D eigenvalue weighted by atomic mass is 10.1. The first kappa shape index (κ1) is 18.0. The van der Waals surface area contributed by atoms with Crippen molar-refractivity contribution in [3.63, 3.8) is 0 Å². The summed E-state index contributed by atoms with van der Waals surface area (Å²) in [6.45, 7) is 3.15. The van der Waals surface area contributed by atoms with Gasteiger partial charge in [-0.05, 0) is 36.6 Å². The number of ether oxygens (including phenoxy) is 1. The molecule has 0 aromatic heterocycles. The van der Waals surface area contributed by atoms with E-state index in [4.69, 9.17) is 4.74 Å².